The fourth-order valence-corrected chi connectivity index (χ4v) is 2.84. The minimum atomic E-state index is -0.287. The molecule has 5 nitrogen and oxygen atoms in total. The number of rotatable bonds is 7. The van der Waals surface area contributed by atoms with Crippen molar-refractivity contribution in [2.45, 2.75) is 18.9 Å². The number of carbonyl (C=O) groups is 1. The number of hydrogen-bond acceptors (Lipinski definition) is 4. The summed E-state index contributed by atoms with van der Waals surface area (Å²) >= 11 is 0. The first-order valence-corrected chi connectivity index (χ1v) is 8.26. The fourth-order valence-electron chi connectivity index (χ4n) is 2.84. The summed E-state index contributed by atoms with van der Waals surface area (Å²) in [6.07, 6.45) is 1.25. The highest BCUT2D eigenvalue weighted by atomic mass is 16.5. The number of aliphatic hydroxyl groups excluding tert-OH is 1. The number of nitrogens with one attached hydrogen (secondary N) is 1. The molecule has 25 heavy (non-hydrogen) atoms. The van der Waals surface area contributed by atoms with E-state index in [0.29, 0.717) is 24.2 Å². The molecule has 0 aliphatic rings. The minimum Gasteiger partial charge on any atom is -0.493 e. The van der Waals surface area contributed by atoms with Crippen LogP contribution < -0.4 is 10.1 Å². The maximum Gasteiger partial charge on any atom is 0.287 e. The van der Waals surface area contributed by atoms with Crippen molar-refractivity contribution in [3.05, 3.63) is 65.9 Å². The van der Waals surface area contributed by atoms with Gasteiger partial charge in [0, 0.05) is 12.0 Å². The van der Waals surface area contributed by atoms with Crippen LogP contribution in [-0.2, 0) is 0 Å². The van der Waals surface area contributed by atoms with Crippen molar-refractivity contribution in [1.82, 2.24) is 5.32 Å². The molecule has 5 heteroatoms. The topological polar surface area (TPSA) is 71.7 Å². The van der Waals surface area contributed by atoms with E-state index in [1.54, 1.807) is 19.2 Å². The lowest BCUT2D eigenvalue weighted by Crippen LogP contribution is -2.28. The molecule has 0 saturated heterocycles. The van der Waals surface area contributed by atoms with Crippen LogP contribution in [0, 0.1) is 0 Å². The second kappa shape index (κ2) is 7.85. The van der Waals surface area contributed by atoms with Gasteiger partial charge in [-0.25, -0.2) is 0 Å². The number of para-hydroxylation sites is 1. The molecule has 1 atom stereocenters. The highest BCUT2D eigenvalue weighted by molar-refractivity contribution is 5.97. The molecule has 130 valence electrons. The zero-order chi connectivity index (χ0) is 17.6. The third kappa shape index (κ3) is 3.83. The van der Waals surface area contributed by atoms with Gasteiger partial charge in [0.15, 0.2) is 17.1 Å². The van der Waals surface area contributed by atoms with Gasteiger partial charge in [0.1, 0.15) is 0 Å². The van der Waals surface area contributed by atoms with Gasteiger partial charge in [0.25, 0.3) is 5.91 Å². The molecule has 0 saturated carbocycles. The van der Waals surface area contributed by atoms with Crippen molar-refractivity contribution in [1.29, 1.82) is 0 Å². The van der Waals surface area contributed by atoms with Crippen LogP contribution >= 0.6 is 0 Å². The van der Waals surface area contributed by atoms with Crippen molar-refractivity contribution < 1.29 is 19.1 Å². The van der Waals surface area contributed by atoms with Gasteiger partial charge in [-0.05, 0) is 30.5 Å². The summed E-state index contributed by atoms with van der Waals surface area (Å²) < 4.78 is 11.0. The molecule has 1 unspecified atom stereocenters. The molecule has 1 amide bonds. The molecule has 0 aliphatic carbocycles. The Balaban J connectivity index is 1.83. The number of fused-ring (bicyclic) bond motifs is 1. The van der Waals surface area contributed by atoms with Gasteiger partial charge in [-0.1, -0.05) is 42.5 Å². The zero-order valence-corrected chi connectivity index (χ0v) is 14.1. The van der Waals surface area contributed by atoms with E-state index in [2.05, 4.69) is 5.32 Å². The average molecular weight is 339 g/mol. The maximum absolute atomic E-state index is 12.7. The quantitative estimate of drug-likeness (QED) is 0.689. The number of furan rings is 1. The van der Waals surface area contributed by atoms with E-state index >= 15 is 0 Å². The molecule has 0 fully saturated rings. The second-order valence-electron chi connectivity index (χ2n) is 5.79. The van der Waals surface area contributed by atoms with Crippen molar-refractivity contribution in [2.24, 2.45) is 0 Å². The van der Waals surface area contributed by atoms with Gasteiger partial charge in [-0.2, -0.15) is 0 Å². The van der Waals surface area contributed by atoms with Crippen LogP contribution in [0.4, 0.5) is 0 Å². The highest BCUT2D eigenvalue weighted by Crippen LogP contribution is 2.29. The molecule has 0 bridgehead atoms. The minimum absolute atomic E-state index is 0.0844. The summed E-state index contributed by atoms with van der Waals surface area (Å²) in [4.78, 5) is 12.7. The van der Waals surface area contributed by atoms with Crippen LogP contribution in [0.5, 0.6) is 5.75 Å². The maximum atomic E-state index is 12.7. The molecule has 3 aromatic rings. The van der Waals surface area contributed by atoms with Crippen LogP contribution in [0.15, 0.2) is 59.0 Å². The average Bonchev–Trinajstić information content (AvgIpc) is 3.10. The van der Waals surface area contributed by atoms with E-state index in [1.807, 2.05) is 42.5 Å². The molecule has 2 N–H and O–H groups in total. The molecule has 0 radical (unpaired) electrons. The standard InChI is InChI=1S/C20H21NO4/c1-24-17-11-5-9-15-13-18(25-19(15)17)20(23)21-16(10-6-12-22)14-7-3-2-4-8-14/h2-5,7-9,11,13,16,22H,6,10,12H2,1H3,(H,21,23). The van der Waals surface area contributed by atoms with Crippen LogP contribution in [-0.4, -0.2) is 24.7 Å². The summed E-state index contributed by atoms with van der Waals surface area (Å²) in [5, 5.41) is 12.9. The molecular weight excluding hydrogens is 318 g/mol. The van der Waals surface area contributed by atoms with E-state index in [9.17, 15) is 4.79 Å². The van der Waals surface area contributed by atoms with Gasteiger partial charge in [-0.15, -0.1) is 0 Å². The van der Waals surface area contributed by atoms with Gasteiger partial charge in [0.05, 0.1) is 13.2 Å². The molecule has 1 heterocycles. The van der Waals surface area contributed by atoms with Crippen molar-refractivity contribution in [2.75, 3.05) is 13.7 Å². The summed E-state index contributed by atoms with van der Waals surface area (Å²) in [5.74, 6) is 0.547. The molecule has 3 rings (SSSR count). The Hall–Kier alpha value is -2.79. The number of amides is 1. The smallest absolute Gasteiger partial charge is 0.287 e. The number of methoxy groups -OCH3 is 1. The predicted molar refractivity (Wildman–Crippen MR) is 95.7 cm³/mol. The van der Waals surface area contributed by atoms with Crippen LogP contribution in [0.1, 0.15) is 35.0 Å². The Morgan fingerprint density at radius 1 is 1.20 bits per heavy atom. The van der Waals surface area contributed by atoms with E-state index in [-0.39, 0.29) is 24.3 Å². The van der Waals surface area contributed by atoms with Crippen molar-refractivity contribution in [3.8, 4) is 5.75 Å². The monoisotopic (exact) mass is 339 g/mol. The van der Waals surface area contributed by atoms with Gasteiger partial charge < -0.3 is 19.6 Å². The van der Waals surface area contributed by atoms with Gasteiger partial charge in [-0.3, -0.25) is 4.79 Å². The van der Waals surface area contributed by atoms with Crippen LogP contribution in [0.2, 0.25) is 0 Å². The molecular formula is C20H21NO4. The summed E-state index contributed by atoms with van der Waals surface area (Å²) in [7, 11) is 1.57. The first-order valence-electron chi connectivity index (χ1n) is 8.26. The Bertz CT molecular complexity index is 841. The number of ether oxygens (including phenoxy) is 1. The normalized spacial score (nSPS) is 12.1. The lowest BCUT2D eigenvalue weighted by atomic mass is 10.0. The Morgan fingerprint density at radius 2 is 2.00 bits per heavy atom. The first kappa shape index (κ1) is 17.0. The van der Waals surface area contributed by atoms with Gasteiger partial charge in [0.2, 0.25) is 0 Å². The Kier molecular flexibility index (Phi) is 5.36. The number of benzene rings is 2. The SMILES string of the molecule is COc1cccc2cc(C(=O)NC(CCCO)c3ccccc3)oc12. The Morgan fingerprint density at radius 3 is 2.72 bits per heavy atom. The van der Waals surface area contributed by atoms with Gasteiger partial charge >= 0.3 is 0 Å². The summed E-state index contributed by atoms with van der Waals surface area (Å²) in [6.45, 7) is 0.0844. The molecule has 2 aromatic carbocycles. The molecule has 0 spiro atoms. The van der Waals surface area contributed by atoms with Crippen molar-refractivity contribution in [3.63, 3.8) is 0 Å². The third-order valence-corrected chi connectivity index (χ3v) is 4.11. The number of carbonyl (C=O) groups excluding carboxylic acids is 1. The summed E-state index contributed by atoms with van der Waals surface area (Å²) in [5.41, 5.74) is 1.56. The van der Waals surface area contributed by atoms with E-state index in [0.717, 1.165) is 10.9 Å². The second-order valence-corrected chi connectivity index (χ2v) is 5.79. The highest BCUT2D eigenvalue weighted by Gasteiger charge is 2.19. The number of aliphatic hydroxyl groups is 1. The van der Waals surface area contributed by atoms with E-state index < -0.39 is 0 Å². The first-order chi connectivity index (χ1) is 12.2. The predicted octanol–water partition coefficient (Wildman–Crippen LogP) is 3.69. The third-order valence-electron chi connectivity index (χ3n) is 4.11. The van der Waals surface area contributed by atoms with Crippen LogP contribution in [0.25, 0.3) is 11.0 Å². The summed E-state index contributed by atoms with van der Waals surface area (Å²) in [6, 6.07) is 16.8. The van der Waals surface area contributed by atoms with E-state index in [1.165, 1.54) is 0 Å². The van der Waals surface area contributed by atoms with Crippen molar-refractivity contribution >= 4 is 16.9 Å². The lowest BCUT2D eigenvalue weighted by Gasteiger charge is -2.18. The largest absolute Gasteiger partial charge is 0.493 e. The van der Waals surface area contributed by atoms with E-state index in [4.69, 9.17) is 14.3 Å². The number of hydrogen-bond donors (Lipinski definition) is 2. The van der Waals surface area contributed by atoms with Crippen LogP contribution in [0.3, 0.4) is 0 Å². The fraction of sp³-hybridized carbons (Fsp3) is 0.250. The zero-order valence-electron chi connectivity index (χ0n) is 14.1. The Labute approximate surface area is 146 Å². The molecule has 1 aromatic heterocycles. The lowest BCUT2D eigenvalue weighted by molar-refractivity contribution is 0.0906. The molecule has 0 aliphatic heterocycles.